The Balaban J connectivity index is 0. The Morgan fingerprint density at radius 2 is 0.758 bits per heavy atom. The van der Waals surface area contributed by atoms with Crippen molar-refractivity contribution < 1.29 is 24.2 Å². The first-order valence-electron chi connectivity index (χ1n) is 14.4. The van der Waals surface area contributed by atoms with Crippen LogP contribution < -0.4 is 10.6 Å². The number of hydrogen-bond donors (Lipinski definition) is 1. The van der Waals surface area contributed by atoms with Crippen LogP contribution in [0.3, 0.4) is 0 Å². The highest BCUT2D eigenvalue weighted by Gasteiger charge is 2.08. The van der Waals surface area contributed by atoms with Crippen LogP contribution in [0, 0.1) is 0 Å². The predicted octanol–water partition coefficient (Wildman–Crippen LogP) is 7.97. The van der Waals surface area contributed by atoms with Gasteiger partial charge in [0.15, 0.2) is 0 Å². The Morgan fingerprint density at radius 3 is 1.00 bits per heavy atom. The number of phosphoric ester groups is 1. The molecule has 0 unspecified atom stereocenters. The van der Waals surface area contributed by atoms with Crippen LogP contribution in [-0.4, -0.2) is 19.8 Å². The normalized spacial score (nSPS) is 11.4. The molecule has 0 aliphatic carbocycles. The summed E-state index contributed by atoms with van der Waals surface area (Å²) in [6.45, 7) is 8.19. The molecule has 0 saturated heterocycles. The molecule has 0 spiro atoms. The molecule has 0 amide bonds. The van der Waals surface area contributed by atoms with Crippen molar-refractivity contribution in [2.45, 2.75) is 156 Å². The van der Waals surface area contributed by atoms with Crippen molar-refractivity contribution in [3.8, 4) is 0 Å². The van der Waals surface area contributed by atoms with Gasteiger partial charge >= 0.3 is 0 Å². The van der Waals surface area contributed by atoms with Gasteiger partial charge in [0.05, 0.1) is 19.8 Å². The second-order valence-corrected chi connectivity index (χ2v) is 10.7. The van der Waals surface area contributed by atoms with Gasteiger partial charge in [-0.3, -0.25) is 4.57 Å². The van der Waals surface area contributed by atoms with Crippen molar-refractivity contribution in [3.63, 3.8) is 0 Å². The molecule has 0 fully saturated rings. The summed E-state index contributed by atoms with van der Waals surface area (Å²) in [5, 5.41) is 0. The zero-order valence-electron chi connectivity index (χ0n) is 22.8. The third-order valence-corrected chi connectivity index (χ3v) is 6.85. The maximum absolute atomic E-state index is 11.7. The number of hydrogen-bond acceptors (Lipinski definition) is 4. The highest BCUT2D eigenvalue weighted by molar-refractivity contribution is 7.45. The summed E-state index contributed by atoms with van der Waals surface area (Å²) < 4.78 is 21.7. The van der Waals surface area contributed by atoms with E-state index in [1.807, 2.05) is 0 Å². The van der Waals surface area contributed by atoms with Crippen LogP contribution in [0.2, 0.25) is 0 Å². The Hall–Kier alpha value is 0.0700. The van der Waals surface area contributed by atoms with Gasteiger partial charge < -0.3 is 19.7 Å². The molecule has 0 aliphatic heterocycles. The molecule has 0 bridgehead atoms. The highest BCUT2D eigenvalue weighted by atomic mass is 31.2. The van der Waals surface area contributed by atoms with E-state index in [0.29, 0.717) is 0 Å². The first-order chi connectivity index (χ1) is 16.0. The molecule has 0 aromatic heterocycles. The minimum Gasteiger partial charge on any atom is -0.756 e. The molecule has 0 radical (unpaired) electrons. The van der Waals surface area contributed by atoms with Gasteiger partial charge in [0.25, 0.3) is 7.82 Å². The summed E-state index contributed by atoms with van der Waals surface area (Å²) in [6, 6.07) is 0. The number of unbranched alkanes of at least 4 members (excludes halogenated alkanes) is 18. The lowest BCUT2D eigenvalue weighted by Gasteiger charge is -2.22. The lowest BCUT2D eigenvalue weighted by Crippen LogP contribution is -2.49. The van der Waals surface area contributed by atoms with Gasteiger partial charge in [0, 0.05) is 0 Å². The summed E-state index contributed by atoms with van der Waals surface area (Å²) in [4.78, 5) is 11.7. The molecule has 0 aliphatic rings. The summed E-state index contributed by atoms with van der Waals surface area (Å²) in [5.41, 5.74) is 3.60. The molecule has 0 saturated carbocycles. The Labute approximate surface area is 207 Å². The quantitative estimate of drug-likeness (QED) is 0.103. The van der Waals surface area contributed by atoms with E-state index in [4.69, 9.17) is 9.05 Å². The minimum absolute atomic E-state index is 0.259. The van der Waals surface area contributed by atoms with E-state index in [2.05, 4.69) is 26.5 Å². The van der Waals surface area contributed by atoms with Gasteiger partial charge in [-0.1, -0.05) is 136 Å². The molecule has 5 nitrogen and oxygen atoms in total. The second-order valence-electron chi connectivity index (χ2n) is 9.33. The molecule has 6 heteroatoms. The Bertz CT molecular complexity index is 364. The van der Waals surface area contributed by atoms with Crippen LogP contribution >= 0.6 is 7.82 Å². The second kappa shape index (κ2) is 30.1. The molecule has 0 heterocycles. The van der Waals surface area contributed by atoms with Crippen LogP contribution in [0.4, 0.5) is 0 Å². The predicted molar refractivity (Wildman–Crippen MR) is 141 cm³/mol. The number of quaternary nitrogens is 1. The summed E-state index contributed by atoms with van der Waals surface area (Å²) >= 11 is 0. The van der Waals surface area contributed by atoms with Crippen molar-refractivity contribution in [1.82, 2.24) is 0 Å². The maximum Gasteiger partial charge on any atom is 0.267 e. The van der Waals surface area contributed by atoms with E-state index >= 15 is 0 Å². The molecule has 3 N–H and O–H groups in total. The minimum atomic E-state index is -4.10. The van der Waals surface area contributed by atoms with Crippen molar-refractivity contribution in [1.29, 1.82) is 0 Å². The first-order valence-corrected chi connectivity index (χ1v) is 15.9. The van der Waals surface area contributed by atoms with E-state index < -0.39 is 7.82 Å². The molecule has 202 valence electrons. The van der Waals surface area contributed by atoms with Crippen molar-refractivity contribution >= 4 is 7.82 Å². The fourth-order valence-corrected chi connectivity index (χ4v) is 4.35. The van der Waals surface area contributed by atoms with Crippen molar-refractivity contribution in [2.75, 3.05) is 19.8 Å². The average molecular weight is 494 g/mol. The monoisotopic (exact) mass is 493 g/mol. The largest absolute Gasteiger partial charge is 0.756 e. The smallest absolute Gasteiger partial charge is 0.267 e. The van der Waals surface area contributed by atoms with E-state index in [1.165, 1.54) is 109 Å². The SMILES string of the molecule is CCCCCCCCCCCCOP(=O)([O-])OCCCCCCCCCCCC.CCC[NH3+]. The summed E-state index contributed by atoms with van der Waals surface area (Å²) in [6.07, 6.45) is 25.7. The van der Waals surface area contributed by atoms with Crippen LogP contribution in [0.15, 0.2) is 0 Å². The average Bonchev–Trinajstić information content (AvgIpc) is 2.81. The Morgan fingerprint density at radius 1 is 0.515 bits per heavy atom. The highest BCUT2D eigenvalue weighted by Crippen LogP contribution is 2.38. The molecule has 0 rings (SSSR count). The van der Waals surface area contributed by atoms with E-state index in [1.54, 1.807) is 0 Å². The fraction of sp³-hybridized carbons (Fsp3) is 1.00. The molecule has 0 aromatic carbocycles. The standard InChI is InChI=1S/C24H51O4P.C3H9N/c1-3-5-7-9-11-13-15-17-19-21-23-27-29(25,26)28-24-22-20-18-16-14-12-10-8-6-4-2;1-2-3-4/h3-24H2,1-2H3,(H,25,26);2-4H2,1H3. The topological polar surface area (TPSA) is 86.2 Å². The van der Waals surface area contributed by atoms with Gasteiger partial charge in [-0.2, -0.15) is 0 Å². The molecular weight excluding hydrogens is 433 g/mol. The lowest BCUT2D eigenvalue weighted by atomic mass is 10.1. The first kappa shape index (κ1) is 35.2. The zero-order chi connectivity index (χ0) is 24.9. The fourth-order valence-electron chi connectivity index (χ4n) is 3.57. The third-order valence-electron chi connectivity index (χ3n) is 5.85. The van der Waals surface area contributed by atoms with E-state index in [-0.39, 0.29) is 13.2 Å². The zero-order valence-corrected chi connectivity index (χ0v) is 23.7. The summed E-state index contributed by atoms with van der Waals surface area (Å²) in [5.74, 6) is 0. The van der Waals surface area contributed by atoms with E-state index in [9.17, 15) is 9.46 Å². The molecule has 0 aromatic rings. The Kier molecular flexibility index (Phi) is 32.1. The van der Waals surface area contributed by atoms with Gasteiger partial charge in [-0.05, 0) is 19.3 Å². The van der Waals surface area contributed by atoms with Gasteiger partial charge in [-0.15, -0.1) is 0 Å². The third kappa shape index (κ3) is 34.3. The lowest BCUT2D eigenvalue weighted by molar-refractivity contribution is -0.367. The van der Waals surface area contributed by atoms with Crippen LogP contribution in [0.5, 0.6) is 0 Å². The van der Waals surface area contributed by atoms with Crippen LogP contribution in [0.1, 0.15) is 156 Å². The maximum atomic E-state index is 11.7. The van der Waals surface area contributed by atoms with Gasteiger partial charge in [0.1, 0.15) is 0 Å². The van der Waals surface area contributed by atoms with Gasteiger partial charge in [-0.25, -0.2) is 0 Å². The molecule has 0 atom stereocenters. The molecule has 33 heavy (non-hydrogen) atoms. The van der Waals surface area contributed by atoms with Gasteiger partial charge in [0.2, 0.25) is 0 Å². The number of phosphoric acid groups is 1. The summed E-state index contributed by atoms with van der Waals surface area (Å²) in [7, 11) is -4.10. The number of rotatable bonds is 25. The van der Waals surface area contributed by atoms with Crippen LogP contribution in [0.25, 0.3) is 0 Å². The van der Waals surface area contributed by atoms with E-state index in [0.717, 1.165) is 32.2 Å². The van der Waals surface area contributed by atoms with Crippen LogP contribution in [-0.2, 0) is 13.6 Å². The van der Waals surface area contributed by atoms with Crippen molar-refractivity contribution in [3.05, 3.63) is 0 Å². The molecular formula is C27H60NO4P. The van der Waals surface area contributed by atoms with Crippen molar-refractivity contribution in [2.24, 2.45) is 0 Å².